The number of piperazine rings is 1. The lowest BCUT2D eigenvalue weighted by Crippen LogP contribution is -2.48. The first kappa shape index (κ1) is 25.7. The first-order chi connectivity index (χ1) is 16.8. The summed E-state index contributed by atoms with van der Waals surface area (Å²) < 4.78 is 0.904. The molecule has 1 saturated heterocycles. The standard InChI is InChI=1S/C25H21Cl2IN4O2S/c26-17-3-1-16(2-4-17)24(34)32-13-11-31(12-14-32)20-8-6-19(7-9-20)29-25(35)30-23(33)21-15-18(28)5-10-22(21)27/h1-10,15H,11-14H2,(H2,29,30,33,35). The topological polar surface area (TPSA) is 64.7 Å². The summed E-state index contributed by atoms with van der Waals surface area (Å²) in [5.74, 6) is -0.350. The average Bonchev–Trinajstić information content (AvgIpc) is 2.86. The average molecular weight is 639 g/mol. The van der Waals surface area contributed by atoms with E-state index < -0.39 is 0 Å². The smallest absolute Gasteiger partial charge is 0.258 e. The van der Waals surface area contributed by atoms with Crippen LogP contribution in [0, 0.1) is 3.57 Å². The van der Waals surface area contributed by atoms with Crippen molar-refractivity contribution < 1.29 is 9.59 Å². The third kappa shape index (κ3) is 6.63. The van der Waals surface area contributed by atoms with Crippen LogP contribution in [-0.4, -0.2) is 48.0 Å². The van der Waals surface area contributed by atoms with E-state index in [0.29, 0.717) is 34.3 Å². The summed E-state index contributed by atoms with van der Waals surface area (Å²) >= 11 is 19.5. The summed E-state index contributed by atoms with van der Waals surface area (Å²) in [4.78, 5) is 29.3. The van der Waals surface area contributed by atoms with Crippen LogP contribution in [0.4, 0.5) is 11.4 Å². The molecule has 1 aliphatic rings. The van der Waals surface area contributed by atoms with Gasteiger partial charge in [-0.05, 0) is 102 Å². The highest BCUT2D eigenvalue weighted by atomic mass is 127. The molecule has 35 heavy (non-hydrogen) atoms. The Morgan fingerprint density at radius 1 is 0.886 bits per heavy atom. The third-order valence-corrected chi connectivity index (χ3v) is 7.01. The monoisotopic (exact) mass is 638 g/mol. The van der Waals surface area contributed by atoms with Crippen molar-refractivity contribution in [2.45, 2.75) is 0 Å². The number of hydrogen-bond donors (Lipinski definition) is 2. The molecular formula is C25H21Cl2IN4O2S. The number of anilines is 2. The fraction of sp³-hybridized carbons (Fsp3) is 0.160. The number of rotatable bonds is 4. The molecule has 3 aromatic rings. The van der Waals surface area contributed by atoms with Crippen LogP contribution in [0.3, 0.4) is 0 Å². The molecule has 0 atom stereocenters. The van der Waals surface area contributed by atoms with Crippen LogP contribution in [0.25, 0.3) is 0 Å². The fourth-order valence-corrected chi connectivity index (χ4v) is 4.73. The molecule has 10 heteroatoms. The van der Waals surface area contributed by atoms with Crippen LogP contribution in [0.15, 0.2) is 66.7 Å². The highest BCUT2D eigenvalue weighted by molar-refractivity contribution is 14.1. The van der Waals surface area contributed by atoms with E-state index in [9.17, 15) is 9.59 Å². The van der Waals surface area contributed by atoms with Gasteiger partial charge in [0.15, 0.2) is 5.11 Å². The molecule has 2 N–H and O–H groups in total. The van der Waals surface area contributed by atoms with Crippen LogP contribution in [-0.2, 0) is 0 Å². The Kier molecular flexibility index (Phi) is 8.48. The highest BCUT2D eigenvalue weighted by Gasteiger charge is 2.22. The van der Waals surface area contributed by atoms with Gasteiger partial charge in [-0.25, -0.2) is 0 Å². The van der Waals surface area contributed by atoms with Gasteiger partial charge in [0.25, 0.3) is 11.8 Å². The highest BCUT2D eigenvalue weighted by Crippen LogP contribution is 2.21. The van der Waals surface area contributed by atoms with Crippen LogP contribution >= 0.6 is 58.0 Å². The van der Waals surface area contributed by atoms with E-state index in [4.69, 9.17) is 35.4 Å². The molecule has 6 nitrogen and oxygen atoms in total. The van der Waals surface area contributed by atoms with E-state index in [1.165, 1.54) is 0 Å². The Bertz CT molecular complexity index is 1250. The summed E-state index contributed by atoms with van der Waals surface area (Å²) in [7, 11) is 0. The van der Waals surface area contributed by atoms with Gasteiger partial charge in [-0.3, -0.25) is 14.9 Å². The van der Waals surface area contributed by atoms with Crippen molar-refractivity contribution in [1.29, 1.82) is 0 Å². The molecule has 0 radical (unpaired) electrons. The molecule has 1 fully saturated rings. The molecule has 0 aliphatic carbocycles. The Morgan fingerprint density at radius 2 is 1.54 bits per heavy atom. The Hall–Kier alpha value is -2.40. The number of nitrogens with zero attached hydrogens (tertiary/aromatic N) is 2. The molecule has 3 aromatic carbocycles. The maximum Gasteiger partial charge on any atom is 0.258 e. The number of benzene rings is 3. The van der Waals surface area contributed by atoms with E-state index in [1.54, 1.807) is 36.4 Å². The molecule has 0 spiro atoms. The molecule has 1 aliphatic heterocycles. The SMILES string of the molecule is O=C(NC(=S)Nc1ccc(N2CCN(C(=O)c3ccc(Cl)cc3)CC2)cc1)c1cc(I)ccc1Cl. The first-order valence-corrected chi connectivity index (χ1v) is 13.0. The zero-order valence-corrected chi connectivity index (χ0v) is 22.9. The summed E-state index contributed by atoms with van der Waals surface area (Å²) in [6.45, 7) is 2.74. The normalized spacial score (nSPS) is 13.3. The van der Waals surface area contributed by atoms with Gasteiger partial charge in [0.1, 0.15) is 0 Å². The lowest BCUT2D eigenvalue weighted by Gasteiger charge is -2.36. The molecule has 1 heterocycles. The minimum absolute atomic E-state index is 0.0166. The van der Waals surface area contributed by atoms with Crippen molar-refractivity contribution in [3.05, 3.63) is 91.5 Å². The minimum Gasteiger partial charge on any atom is -0.368 e. The molecule has 0 aromatic heterocycles. The van der Waals surface area contributed by atoms with E-state index in [1.807, 2.05) is 35.2 Å². The van der Waals surface area contributed by atoms with Crippen LogP contribution < -0.4 is 15.5 Å². The predicted octanol–water partition coefficient (Wildman–Crippen LogP) is 5.69. The quantitative estimate of drug-likeness (QED) is 0.284. The van der Waals surface area contributed by atoms with Crippen molar-refractivity contribution in [3.63, 3.8) is 0 Å². The van der Waals surface area contributed by atoms with E-state index in [2.05, 4.69) is 38.1 Å². The second-order valence-electron chi connectivity index (χ2n) is 7.87. The third-order valence-electron chi connectivity index (χ3n) is 5.55. The van der Waals surface area contributed by atoms with Gasteiger partial charge in [-0.15, -0.1) is 0 Å². The van der Waals surface area contributed by atoms with Crippen LogP contribution in [0.1, 0.15) is 20.7 Å². The van der Waals surface area contributed by atoms with Crippen molar-refractivity contribution in [2.24, 2.45) is 0 Å². The zero-order chi connectivity index (χ0) is 24.9. The Labute approximate surface area is 232 Å². The number of halogens is 3. The lowest BCUT2D eigenvalue weighted by molar-refractivity contribution is 0.0746. The van der Waals surface area contributed by atoms with Gasteiger partial charge in [-0.2, -0.15) is 0 Å². The lowest BCUT2D eigenvalue weighted by atomic mass is 10.1. The maximum atomic E-state index is 12.7. The second kappa shape index (κ2) is 11.6. The number of amides is 2. The van der Waals surface area contributed by atoms with Crippen molar-refractivity contribution in [1.82, 2.24) is 10.2 Å². The van der Waals surface area contributed by atoms with E-state index in [-0.39, 0.29) is 16.9 Å². The van der Waals surface area contributed by atoms with Gasteiger partial charge in [0.2, 0.25) is 0 Å². The summed E-state index contributed by atoms with van der Waals surface area (Å²) in [5.41, 5.74) is 2.82. The number of carbonyl (C=O) groups is 2. The summed E-state index contributed by atoms with van der Waals surface area (Å²) in [6.07, 6.45) is 0. The number of nitrogens with one attached hydrogen (secondary N) is 2. The van der Waals surface area contributed by atoms with Crippen LogP contribution in [0.2, 0.25) is 10.0 Å². The maximum absolute atomic E-state index is 12.7. The second-order valence-corrected chi connectivity index (χ2v) is 10.4. The minimum atomic E-state index is -0.367. The van der Waals surface area contributed by atoms with Gasteiger partial charge in [-0.1, -0.05) is 23.2 Å². The predicted molar refractivity (Wildman–Crippen MR) is 154 cm³/mol. The molecule has 0 unspecified atom stereocenters. The van der Waals surface area contributed by atoms with Crippen molar-refractivity contribution in [3.8, 4) is 0 Å². The largest absolute Gasteiger partial charge is 0.368 e. The van der Waals surface area contributed by atoms with Gasteiger partial charge in [0.05, 0.1) is 10.6 Å². The fourth-order valence-electron chi connectivity index (χ4n) is 3.70. The molecule has 2 amide bonds. The van der Waals surface area contributed by atoms with Crippen molar-refractivity contribution >= 4 is 86.3 Å². The summed E-state index contributed by atoms with van der Waals surface area (Å²) in [6, 6.07) is 20.0. The Balaban J connectivity index is 1.29. The molecule has 0 saturated carbocycles. The number of thiocarbonyl (C=S) groups is 1. The molecule has 0 bridgehead atoms. The number of hydrogen-bond acceptors (Lipinski definition) is 4. The molecule has 180 valence electrons. The van der Waals surface area contributed by atoms with E-state index in [0.717, 1.165) is 28.0 Å². The van der Waals surface area contributed by atoms with Crippen LogP contribution in [0.5, 0.6) is 0 Å². The van der Waals surface area contributed by atoms with Gasteiger partial charge < -0.3 is 15.1 Å². The van der Waals surface area contributed by atoms with Crippen molar-refractivity contribution in [2.75, 3.05) is 36.4 Å². The van der Waals surface area contributed by atoms with Gasteiger partial charge >= 0.3 is 0 Å². The Morgan fingerprint density at radius 3 is 2.20 bits per heavy atom. The first-order valence-electron chi connectivity index (χ1n) is 10.8. The van der Waals surface area contributed by atoms with E-state index >= 15 is 0 Å². The number of carbonyl (C=O) groups excluding carboxylic acids is 2. The summed E-state index contributed by atoms with van der Waals surface area (Å²) in [5, 5.41) is 6.85. The molecule has 4 rings (SSSR count). The molecular weight excluding hydrogens is 618 g/mol. The zero-order valence-electron chi connectivity index (χ0n) is 18.4. The van der Waals surface area contributed by atoms with Gasteiger partial charge in [0, 0.05) is 51.7 Å².